The van der Waals surface area contributed by atoms with Crippen molar-refractivity contribution in [3.8, 4) is 0 Å². The zero-order chi connectivity index (χ0) is 13.6. The smallest absolute Gasteiger partial charge is 0.255 e. The molecule has 3 heteroatoms. The summed E-state index contributed by atoms with van der Waals surface area (Å²) in [5.41, 5.74) is 1.94. The molecule has 0 aliphatic carbocycles. The molecule has 0 aliphatic heterocycles. The Labute approximate surface area is 113 Å². The molecule has 0 bridgehead atoms. The zero-order valence-electron chi connectivity index (χ0n) is 11.0. The highest BCUT2D eigenvalue weighted by molar-refractivity contribution is 5.50. The van der Waals surface area contributed by atoms with Crippen molar-refractivity contribution < 1.29 is 4.74 Å². The van der Waals surface area contributed by atoms with Gasteiger partial charge in [0, 0.05) is 18.3 Å². The van der Waals surface area contributed by atoms with Crippen LogP contribution < -0.4 is 10.6 Å². The molecular weight excluding hydrogens is 236 g/mol. The summed E-state index contributed by atoms with van der Waals surface area (Å²) in [6.45, 7) is 5.54. The maximum absolute atomic E-state index is 5.58. The average Bonchev–Trinajstić information content (AvgIpc) is 2.41. The molecule has 0 radical (unpaired) electrons. The Bertz CT molecular complexity index is 469. The van der Waals surface area contributed by atoms with Gasteiger partial charge in [0.15, 0.2) is 0 Å². The first-order chi connectivity index (χ1) is 9.22. The van der Waals surface area contributed by atoms with Gasteiger partial charge in [-0.25, -0.2) is 0 Å². The minimum atomic E-state index is -0.759. The first-order valence-electron chi connectivity index (χ1n) is 6.17. The van der Waals surface area contributed by atoms with Gasteiger partial charge in [-0.1, -0.05) is 43.0 Å². The third-order valence-corrected chi connectivity index (χ3v) is 2.63. The molecule has 0 fully saturated rings. The molecule has 0 saturated carbocycles. The summed E-state index contributed by atoms with van der Waals surface area (Å²) in [5, 5.41) is 6.60. The van der Waals surface area contributed by atoms with Crippen LogP contribution in [0.3, 0.4) is 0 Å². The summed E-state index contributed by atoms with van der Waals surface area (Å²) in [6.07, 6.45) is 1.42. The van der Waals surface area contributed by atoms with Crippen molar-refractivity contribution in [1.29, 1.82) is 0 Å². The quantitative estimate of drug-likeness (QED) is 0.603. The summed E-state index contributed by atoms with van der Waals surface area (Å²) in [7, 11) is 0. The molecule has 2 N–H and O–H groups in total. The minimum Gasteiger partial charge on any atom is -0.459 e. The fourth-order valence-electron chi connectivity index (χ4n) is 1.85. The molecule has 0 spiro atoms. The fourth-order valence-corrected chi connectivity index (χ4v) is 1.85. The lowest BCUT2D eigenvalue weighted by atomic mass is 10.2. The van der Waals surface area contributed by atoms with Gasteiger partial charge < -0.3 is 15.4 Å². The first kappa shape index (κ1) is 13.0. The standard InChI is InChI=1S/C16H18N2O/c1-3-19-16(2,17-14-10-6-4-7-11-14)18-15-12-8-5-9-13-15/h3-13,17-18H,1H2,2H3. The predicted molar refractivity (Wildman–Crippen MR) is 79.8 cm³/mol. The van der Waals surface area contributed by atoms with Crippen molar-refractivity contribution in [2.75, 3.05) is 10.6 Å². The molecule has 98 valence electrons. The summed E-state index contributed by atoms with van der Waals surface area (Å²) < 4.78 is 5.58. The molecule has 0 aliphatic rings. The van der Waals surface area contributed by atoms with Gasteiger partial charge in [0.2, 0.25) is 0 Å². The van der Waals surface area contributed by atoms with Gasteiger partial charge in [-0.3, -0.25) is 0 Å². The normalized spacial score (nSPS) is 10.6. The summed E-state index contributed by atoms with van der Waals surface area (Å²) in [5.74, 6) is -0.759. The Morgan fingerprint density at radius 2 is 1.32 bits per heavy atom. The number of hydrogen-bond donors (Lipinski definition) is 2. The average molecular weight is 254 g/mol. The highest BCUT2D eigenvalue weighted by Crippen LogP contribution is 2.19. The summed E-state index contributed by atoms with van der Waals surface area (Å²) in [6, 6.07) is 19.8. The number of nitrogens with one attached hydrogen (secondary N) is 2. The second-order valence-corrected chi connectivity index (χ2v) is 4.30. The second-order valence-electron chi connectivity index (χ2n) is 4.30. The SMILES string of the molecule is C=COC(C)(Nc1ccccc1)Nc1ccccc1. The maximum Gasteiger partial charge on any atom is 0.255 e. The molecule has 0 heterocycles. The number of para-hydroxylation sites is 2. The lowest BCUT2D eigenvalue weighted by Gasteiger charge is -2.32. The summed E-state index contributed by atoms with van der Waals surface area (Å²) >= 11 is 0. The van der Waals surface area contributed by atoms with E-state index in [1.54, 1.807) is 0 Å². The van der Waals surface area contributed by atoms with E-state index >= 15 is 0 Å². The minimum absolute atomic E-state index is 0.759. The van der Waals surface area contributed by atoms with Crippen molar-refractivity contribution in [2.24, 2.45) is 0 Å². The van der Waals surface area contributed by atoms with E-state index in [9.17, 15) is 0 Å². The van der Waals surface area contributed by atoms with E-state index in [4.69, 9.17) is 4.74 Å². The van der Waals surface area contributed by atoms with Gasteiger partial charge in [0.05, 0.1) is 6.26 Å². The molecule has 0 saturated heterocycles. The van der Waals surface area contributed by atoms with Gasteiger partial charge in [0.1, 0.15) is 0 Å². The third-order valence-electron chi connectivity index (χ3n) is 2.63. The van der Waals surface area contributed by atoms with Crippen LogP contribution in [0.15, 0.2) is 73.5 Å². The molecule has 2 rings (SSSR count). The number of anilines is 2. The van der Waals surface area contributed by atoms with Crippen LogP contribution in [0.1, 0.15) is 6.92 Å². The number of hydrogen-bond acceptors (Lipinski definition) is 3. The molecule has 0 aromatic heterocycles. The Hall–Kier alpha value is -2.42. The Morgan fingerprint density at radius 3 is 1.68 bits per heavy atom. The van der Waals surface area contributed by atoms with Crippen LogP contribution in [0.25, 0.3) is 0 Å². The van der Waals surface area contributed by atoms with E-state index in [-0.39, 0.29) is 0 Å². The molecule has 0 atom stereocenters. The molecule has 0 unspecified atom stereocenters. The van der Waals surface area contributed by atoms with E-state index in [1.807, 2.05) is 67.6 Å². The van der Waals surface area contributed by atoms with Gasteiger partial charge in [-0.05, 0) is 24.3 Å². The molecule has 3 nitrogen and oxygen atoms in total. The van der Waals surface area contributed by atoms with Crippen LogP contribution in [0.4, 0.5) is 11.4 Å². The lowest BCUT2D eigenvalue weighted by molar-refractivity contribution is 0.0953. The number of benzene rings is 2. The summed E-state index contributed by atoms with van der Waals surface area (Å²) in [4.78, 5) is 0. The van der Waals surface area contributed by atoms with Crippen LogP contribution >= 0.6 is 0 Å². The molecular formula is C16H18N2O. The molecule has 0 amide bonds. The Kier molecular flexibility index (Phi) is 4.08. The van der Waals surface area contributed by atoms with E-state index in [2.05, 4.69) is 17.2 Å². The van der Waals surface area contributed by atoms with E-state index < -0.39 is 5.85 Å². The predicted octanol–water partition coefficient (Wildman–Crippen LogP) is 4.04. The van der Waals surface area contributed by atoms with E-state index in [0.29, 0.717) is 0 Å². The highest BCUT2D eigenvalue weighted by Gasteiger charge is 2.24. The van der Waals surface area contributed by atoms with Crippen LogP contribution in [-0.2, 0) is 4.74 Å². The molecule has 19 heavy (non-hydrogen) atoms. The lowest BCUT2D eigenvalue weighted by Crippen LogP contribution is -2.44. The van der Waals surface area contributed by atoms with Crippen molar-refractivity contribution in [2.45, 2.75) is 12.8 Å². The third kappa shape index (κ3) is 3.78. The van der Waals surface area contributed by atoms with Crippen LogP contribution in [0.2, 0.25) is 0 Å². The number of ether oxygens (including phenoxy) is 1. The van der Waals surface area contributed by atoms with Crippen LogP contribution in [0, 0.1) is 0 Å². The molecule has 2 aromatic rings. The van der Waals surface area contributed by atoms with Crippen molar-refractivity contribution >= 4 is 11.4 Å². The van der Waals surface area contributed by atoms with Crippen molar-refractivity contribution in [1.82, 2.24) is 0 Å². The van der Waals surface area contributed by atoms with Crippen molar-refractivity contribution in [3.05, 3.63) is 73.5 Å². The largest absolute Gasteiger partial charge is 0.459 e. The van der Waals surface area contributed by atoms with Gasteiger partial charge in [0.25, 0.3) is 5.85 Å². The van der Waals surface area contributed by atoms with Crippen molar-refractivity contribution in [3.63, 3.8) is 0 Å². The second kappa shape index (κ2) is 5.96. The highest BCUT2D eigenvalue weighted by atomic mass is 16.5. The van der Waals surface area contributed by atoms with E-state index in [0.717, 1.165) is 11.4 Å². The number of rotatable bonds is 6. The van der Waals surface area contributed by atoms with Gasteiger partial charge in [-0.2, -0.15) is 0 Å². The Balaban J connectivity index is 2.15. The monoisotopic (exact) mass is 254 g/mol. The zero-order valence-corrected chi connectivity index (χ0v) is 11.0. The van der Waals surface area contributed by atoms with E-state index in [1.165, 1.54) is 6.26 Å². The Morgan fingerprint density at radius 1 is 0.895 bits per heavy atom. The molecule has 2 aromatic carbocycles. The van der Waals surface area contributed by atoms with Gasteiger partial charge in [-0.15, -0.1) is 0 Å². The van der Waals surface area contributed by atoms with Crippen LogP contribution in [-0.4, -0.2) is 5.85 Å². The van der Waals surface area contributed by atoms with Crippen LogP contribution in [0.5, 0.6) is 0 Å². The topological polar surface area (TPSA) is 33.3 Å². The fraction of sp³-hybridized carbons (Fsp3) is 0.125. The van der Waals surface area contributed by atoms with Gasteiger partial charge >= 0.3 is 0 Å². The maximum atomic E-state index is 5.58. The first-order valence-corrected chi connectivity index (χ1v) is 6.17.